The van der Waals surface area contributed by atoms with Crippen LogP contribution in [0.15, 0.2) is 48.5 Å². The summed E-state index contributed by atoms with van der Waals surface area (Å²) in [6.07, 6.45) is 0. The van der Waals surface area contributed by atoms with Gasteiger partial charge in [0.05, 0.1) is 7.11 Å². The molecule has 0 amide bonds. The van der Waals surface area contributed by atoms with Crippen LogP contribution in [0.2, 0.25) is 0 Å². The van der Waals surface area contributed by atoms with Crippen molar-refractivity contribution in [2.75, 3.05) is 13.7 Å². The van der Waals surface area contributed by atoms with E-state index in [-0.39, 0.29) is 5.56 Å². The lowest BCUT2D eigenvalue weighted by molar-refractivity contribution is -0.465. The van der Waals surface area contributed by atoms with Gasteiger partial charge in [-0.2, -0.15) is 0 Å². The lowest BCUT2D eigenvalue weighted by Gasteiger charge is -2.11. The fraction of sp³-hybridized carbons (Fsp3) is 0.188. The predicted molar refractivity (Wildman–Crippen MR) is 80.0 cm³/mol. The van der Waals surface area contributed by atoms with Gasteiger partial charge in [-0.05, 0) is 23.8 Å². The number of ether oxygens (including phenoxy) is 2. The summed E-state index contributed by atoms with van der Waals surface area (Å²) < 4.78 is 10.8. The Kier molecular flexibility index (Phi) is 5.08. The van der Waals surface area contributed by atoms with Gasteiger partial charge >= 0.3 is 0 Å². The van der Waals surface area contributed by atoms with Gasteiger partial charge in [0.1, 0.15) is 6.61 Å². The first-order valence-electron chi connectivity index (χ1n) is 6.60. The molecular weight excluding hydrogens is 286 g/mol. The van der Waals surface area contributed by atoms with Crippen LogP contribution in [0.25, 0.3) is 0 Å². The first-order chi connectivity index (χ1) is 10.6. The number of nitro groups is 1. The van der Waals surface area contributed by atoms with Gasteiger partial charge in [0.15, 0.2) is 11.5 Å². The van der Waals surface area contributed by atoms with E-state index >= 15 is 0 Å². The fourth-order valence-electron chi connectivity index (χ4n) is 1.90. The minimum atomic E-state index is -0.743. The molecule has 0 aromatic heterocycles. The maximum Gasteiger partial charge on any atom is 0.265 e. The number of hydrogen-bond acceptors (Lipinski definition) is 5. The predicted octanol–water partition coefficient (Wildman–Crippen LogP) is 2.73. The molecule has 0 unspecified atom stereocenters. The maximum absolute atomic E-state index is 11.7. The Bertz CT molecular complexity index is 669. The van der Waals surface area contributed by atoms with E-state index in [1.54, 1.807) is 6.07 Å². The van der Waals surface area contributed by atoms with E-state index in [0.29, 0.717) is 18.1 Å². The number of nitrogens with zero attached hydrogens (tertiary/aromatic N) is 1. The highest BCUT2D eigenvalue weighted by Crippen LogP contribution is 2.29. The average molecular weight is 301 g/mol. The minimum Gasteiger partial charge on any atom is -0.493 e. The van der Waals surface area contributed by atoms with E-state index in [9.17, 15) is 14.9 Å². The van der Waals surface area contributed by atoms with Gasteiger partial charge in [0.25, 0.3) is 6.54 Å². The molecule has 0 saturated heterocycles. The number of methoxy groups -OCH3 is 1. The monoisotopic (exact) mass is 301 g/mol. The van der Waals surface area contributed by atoms with Crippen molar-refractivity contribution in [1.82, 2.24) is 0 Å². The van der Waals surface area contributed by atoms with E-state index < -0.39 is 17.3 Å². The third-order valence-corrected chi connectivity index (χ3v) is 3.00. The van der Waals surface area contributed by atoms with E-state index in [1.807, 2.05) is 30.3 Å². The van der Waals surface area contributed by atoms with E-state index in [1.165, 1.54) is 19.2 Å². The number of hydrogen-bond donors (Lipinski definition) is 0. The Morgan fingerprint density at radius 1 is 1.14 bits per heavy atom. The molecular formula is C16H15NO5. The van der Waals surface area contributed by atoms with Gasteiger partial charge in [-0.1, -0.05) is 30.3 Å². The molecule has 2 rings (SSSR count). The molecule has 2 aromatic rings. The van der Waals surface area contributed by atoms with Crippen LogP contribution < -0.4 is 9.47 Å². The molecule has 2 aromatic carbocycles. The van der Waals surface area contributed by atoms with E-state index in [2.05, 4.69) is 0 Å². The second-order valence-electron chi connectivity index (χ2n) is 4.55. The van der Waals surface area contributed by atoms with Crippen LogP contribution in [0.4, 0.5) is 0 Å². The number of carbonyl (C=O) groups is 1. The Hall–Kier alpha value is -2.89. The molecule has 6 nitrogen and oxygen atoms in total. The molecule has 0 aliphatic heterocycles. The Morgan fingerprint density at radius 3 is 2.50 bits per heavy atom. The van der Waals surface area contributed by atoms with Crippen molar-refractivity contribution in [3.63, 3.8) is 0 Å². The fourth-order valence-corrected chi connectivity index (χ4v) is 1.90. The van der Waals surface area contributed by atoms with Crippen LogP contribution in [0.1, 0.15) is 15.9 Å². The topological polar surface area (TPSA) is 78.7 Å². The van der Waals surface area contributed by atoms with Gasteiger partial charge in [-0.3, -0.25) is 14.9 Å². The third kappa shape index (κ3) is 4.05. The average Bonchev–Trinajstić information content (AvgIpc) is 2.53. The minimum absolute atomic E-state index is 0.223. The summed E-state index contributed by atoms with van der Waals surface area (Å²) >= 11 is 0. The molecule has 0 heterocycles. The molecule has 0 N–H and O–H groups in total. The van der Waals surface area contributed by atoms with E-state index in [4.69, 9.17) is 9.47 Å². The third-order valence-electron chi connectivity index (χ3n) is 3.00. The highest BCUT2D eigenvalue weighted by Gasteiger charge is 2.15. The number of carbonyl (C=O) groups excluding carboxylic acids is 1. The highest BCUT2D eigenvalue weighted by atomic mass is 16.6. The summed E-state index contributed by atoms with van der Waals surface area (Å²) in [6, 6.07) is 14.1. The lowest BCUT2D eigenvalue weighted by atomic mass is 10.1. The highest BCUT2D eigenvalue weighted by molar-refractivity contribution is 5.97. The summed E-state index contributed by atoms with van der Waals surface area (Å²) in [6.45, 7) is -0.382. The van der Waals surface area contributed by atoms with E-state index in [0.717, 1.165) is 5.56 Å². The molecule has 114 valence electrons. The summed E-state index contributed by atoms with van der Waals surface area (Å²) in [5, 5.41) is 10.4. The molecule has 0 atom stereocenters. The van der Waals surface area contributed by atoms with Crippen molar-refractivity contribution >= 4 is 5.78 Å². The van der Waals surface area contributed by atoms with Crippen molar-refractivity contribution in [3.05, 3.63) is 69.8 Å². The second-order valence-corrected chi connectivity index (χ2v) is 4.55. The summed E-state index contributed by atoms with van der Waals surface area (Å²) in [7, 11) is 1.45. The van der Waals surface area contributed by atoms with Crippen LogP contribution >= 0.6 is 0 Å². The summed E-state index contributed by atoms with van der Waals surface area (Å²) in [5.74, 6) is 0.270. The SMILES string of the molecule is COc1cc(C(=O)C[N+](=O)[O-])ccc1OCc1ccccc1. The molecule has 0 radical (unpaired) electrons. The molecule has 0 spiro atoms. The Balaban J connectivity index is 2.12. The standard InChI is InChI=1S/C16H15NO5/c1-21-16-9-13(14(18)10-17(19)20)7-8-15(16)22-11-12-5-3-2-4-6-12/h2-9H,10-11H2,1H3. The van der Waals surface area contributed by atoms with Crippen molar-refractivity contribution in [2.24, 2.45) is 0 Å². The van der Waals surface area contributed by atoms with Crippen molar-refractivity contribution in [1.29, 1.82) is 0 Å². The zero-order valence-electron chi connectivity index (χ0n) is 12.0. The summed E-state index contributed by atoms with van der Waals surface area (Å²) in [5.41, 5.74) is 1.22. The zero-order chi connectivity index (χ0) is 15.9. The number of Topliss-reactive ketones (excluding diaryl/α,β-unsaturated/α-hetero) is 1. The molecule has 0 bridgehead atoms. The smallest absolute Gasteiger partial charge is 0.265 e. The van der Waals surface area contributed by atoms with Crippen LogP contribution in [0.3, 0.4) is 0 Å². The molecule has 6 heteroatoms. The Labute approximate surface area is 127 Å². The molecule has 0 saturated carbocycles. The van der Waals surface area contributed by atoms with Crippen molar-refractivity contribution < 1.29 is 19.2 Å². The van der Waals surface area contributed by atoms with Crippen LogP contribution in [0, 0.1) is 10.1 Å². The van der Waals surface area contributed by atoms with Crippen molar-refractivity contribution in [2.45, 2.75) is 6.61 Å². The number of ketones is 1. The summed E-state index contributed by atoms with van der Waals surface area (Å²) in [4.78, 5) is 21.4. The van der Waals surface area contributed by atoms with Gasteiger partial charge < -0.3 is 9.47 Å². The molecule has 0 aliphatic carbocycles. The first-order valence-corrected chi connectivity index (χ1v) is 6.60. The van der Waals surface area contributed by atoms with Gasteiger partial charge in [0.2, 0.25) is 5.78 Å². The second kappa shape index (κ2) is 7.21. The molecule has 0 fully saturated rings. The van der Waals surface area contributed by atoms with Crippen LogP contribution in [0.5, 0.6) is 11.5 Å². The van der Waals surface area contributed by atoms with Crippen LogP contribution in [-0.2, 0) is 6.61 Å². The quantitative estimate of drug-likeness (QED) is 0.446. The van der Waals surface area contributed by atoms with Gasteiger partial charge in [-0.25, -0.2) is 0 Å². The largest absolute Gasteiger partial charge is 0.493 e. The molecule has 0 aliphatic rings. The zero-order valence-corrected chi connectivity index (χ0v) is 12.0. The Morgan fingerprint density at radius 2 is 1.86 bits per heavy atom. The van der Waals surface area contributed by atoms with Crippen LogP contribution in [-0.4, -0.2) is 24.4 Å². The number of benzene rings is 2. The van der Waals surface area contributed by atoms with Gasteiger partial charge in [0, 0.05) is 10.5 Å². The number of rotatable bonds is 7. The lowest BCUT2D eigenvalue weighted by Crippen LogP contribution is -2.13. The maximum atomic E-state index is 11.7. The normalized spacial score (nSPS) is 10.0. The first kappa shape index (κ1) is 15.5. The van der Waals surface area contributed by atoms with Gasteiger partial charge in [-0.15, -0.1) is 0 Å². The van der Waals surface area contributed by atoms with Crippen molar-refractivity contribution in [3.8, 4) is 11.5 Å². The molecule has 22 heavy (non-hydrogen) atoms.